The first kappa shape index (κ1) is 12.8. The van der Waals surface area contributed by atoms with Gasteiger partial charge in [0.1, 0.15) is 11.5 Å². The van der Waals surface area contributed by atoms with Crippen molar-refractivity contribution in [3.05, 3.63) is 23.8 Å². The maximum absolute atomic E-state index is 5.55. The van der Waals surface area contributed by atoms with Gasteiger partial charge >= 0.3 is 0 Å². The van der Waals surface area contributed by atoms with Gasteiger partial charge in [0.05, 0.1) is 7.11 Å². The smallest absolute Gasteiger partial charge is 0.188 e. The number of rotatable bonds is 4. The molecular formula is C13H20O3. The van der Waals surface area contributed by atoms with Gasteiger partial charge in [-0.1, -0.05) is 26.8 Å². The fourth-order valence-electron chi connectivity index (χ4n) is 1.66. The van der Waals surface area contributed by atoms with E-state index in [1.807, 2.05) is 18.2 Å². The van der Waals surface area contributed by atoms with Gasteiger partial charge in [0, 0.05) is 12.7 Å². The first-order chi connectivity index (χ1) is 7.50. The molecule has 0 amide bonds. The highest BCUT2D eigenvalue weighted by molar-refractivity contribution is 5.48. The molecule has 3 nitrogen and oxygen atoms in total. The van der Waals surface area contributed by atoms with Gasteiger partial charge in [0.25, 0.3) is 0 Å². The van der Waals surface area contributed by atoms with E-state index >= 15 is 0 Å². The predicted molar refractivity (Wildman–Crippen MR) is 64.2 cm³/mol. The lowest BCUT2D eigenvalue weighted by molar-refractivity contribution is 0.0496. The Labute approximate surface area is 97.3 Å². The highest BCUT2D eigenvalue weighted by Gasteiger charge is 2.23. The molecule has 0 aromatic heterocycles. The molecule has 0 heterocycles. The fourth-order valence-corrected chi connectivity index (χ4v) is 1.66. The van der Waals surface area contributed by atoms with Crippen molar-refractivity contribution in [2.24, 2.45) is 0 Å². The summed E-state index contributed by atoms with van der Waals surface area (Å²) in [6.07, 6.45) is 0. The van der Waals surface area contributed by atoms with E-state index in [0.29, 0.717) is 0 Å². The van der Waals surface area contributed by atoms with Crippen LogP contribution in [0.1, 0.15) is 26.3 Å². The minimum atomic E-state index is -0.0321. The second-order valence-corrected chi connectivity index (χ2v) is 4.63. The van der Waals surface area contributed by atoms with Gasteiger partial charge < -0.3 is 14.2 Å². The summed E-state index contributed by atoms with van der Waals surface area (Å²) in [5.74, 6) is 1.66. The zero-order valence-corrected chi connectivity index (χ0v) is 10.7. The van der Waals surface area contributed by atoms with Crippen molar-refractivity contribution >= 4 is 0 Å². The molecule has 3 heteroatoms. The van der Waals surface area contributed by atoms with Crippen LogP contribution in [0.3, 0.4) is 0 Å². The molecule has 0 unspecified atom stereocenters. The first-order valence-corrected chi connectivity index (χ1v) is 5.30. The Bertz CT molecular complexity index is 340. The first-order valence-electron chi connectivity index (χ1n) is 5.30. The van der Waals surface area contributed by atoms with Crippen molar-refractivity contribution in [3.63, 3.8) is 0 Å². The molecule has 0 spiro atoms. The van der Waals surface area contributed by atoms with Crippen LogP contribution in [0.4, 0.5) is 0 Å². The van der Waals surface area contributed by atoms with E-state index in [9.17, 15) is 0 Å². The molecule has 90 valence electrons. The number of benzene rings is 1. The molecule has 1 aromatic rings. The highest BCUT2D eigenvalue weighted by atomic mass is 16.7. The van der Waals surface area contributed by atoms with Gasteiger partial charge in [0.15, 0.2) is 6.79 Å². The predicted octanol–water partition coefficient (Wildman–Crippen LogP) is 2.98. The lowest BCUT2D eigenvalue weighted by Gasteiger charge is -2.25. The molecule has 1 aromatic carbocycles. The van der Waals surface area contributed by atoms with Gasteiger partial charge in [-0.05, 0) is 17.5 Å². The summed E-state index contributed by atoms with van der Waals surface area (Å²) >= 11 is 0. The molecule has 1 rings (SSSR count). The third-order valence-corrected chi connectivity index (χ3v) is 2.29. The Morgan fingerprint density at radius 1 is 1.06 bits per heavy atom. The standard InChI is InChI=1S/C13H20O3/c1-13(2,3)12-10(15-5)7-6-8-11(12)16-9-14-4/h6-8H,9H2,1-5H3. The number of ether oxygens (including phenoxy) is 3. The second kappa shape index (κ2) is 5.21. The minimum Gasteiger partial charge on any atom is -0.496 e. The average Bonchev–Trinajstić information content (AvgIpc) is 2.24. The third-order valence-electron chi connectivity index (χ3n) is 2.29. The van der Waals surface area contributed by atoms with Crippen molar-refractivity contribution in [2.75, 3.05) is 21.0 Å². The van der Waals surface area contributed by atoms with Gasteiger partial charge in [-0.2, -0.15) is 0 Å². The lowest BCUT2D eigenvalue weighted by Crippen LogP contribution is -2.15. The summed E-state index contributed by atoms with van der Waals surface area (Å²) < 4.78 is 15.8. The SMILES string of the molecule is COCOc1cccc(OC)c1C(C)(C)C. The van der Waals surface area contributed by atoms with Crippen LogP contribution in [0.2, 0.25) is 0 Å². The van der Waals surface area contributed by atoms with Gasteiger partial charge in [-0.3, -0.25) is 0 Å². The molecule has 0 atom stereocenters. The second-order valence-electron chi connectivity index (χ2n) is 4.63. The van der Waals surface area contributed by atoms with E-state index < -0.39 is 0 Å². The monoisotopic (exact) mass is 224 g/mol. The molecule has 0 aliphatic rings. The summed E-state index contributed by atoms with van der Waals surface area (Å²) in [6, 6.07) is 5.79. The average molecular weight is 224 g/mol. The highest BCUT2D eigenvalue weighted by Crippen LogP contribution is 2.38. The molecule has 0 saturated heterocycles. The van der Waals surface area contributed by atoms with Crippen LogP contribution in [0, 0.1) is 0 Å². The fraction of sp³-hybridized carbons (Fsp3) is 0.538. The van der Waals surface area contributed by atoms with Crippen LogP contribution in [-0.4, -0.2) is 21.0 Å². The zero-order chi connectivity index (χ0) is 12.2. The Morgan fingerprint density at radius 3 is 2.19 bits per heavy atom. The molecule has 0 aliphatic heterocycles. The van der Waals surface area contributed by atoms with Crippen molar-refractivity contribution < 1.29 is 14.2 Å². The number of hydrogen-bond donors (Lipinski definition) is 0. The molecule has 0 radical (unpaired) electrons. The summed E-state index contributed by atoms with van der Waals surface area (Å²) in [5, 5.41) is 0. The van der Waals surface area contributed by atoms with Crippen LogP contribution in [0.25, 0.3) is 0 Å². The van der Waals surface area contributed by atoms with Crippen LogP contribution in [0.5, 0.6) is 11.5 Å². The Morgan fingerprint density at radius 2 is 1.69 bits per heavy atom. The maximum atomic E-state index is 5.55. The topological polar surface area (TPSA) is 27.7 Å². The van der Waals surface area contributed by atoms with Crippen LogP contribution >= 0.6 is 0 Å². The lowest BCUT2D eigenvalue weighted by atomic mass is 9.85. The van der Waals surface area contributed by atoms with Gasteiger partial charge in [0.2, 0.25) is 0 Å². The summed E-state index contributed by atoms with van der Waals surface area (Å²) in [6.45, 7) is 6.63. The quantitative estimate of drug-likeness (QED) is 0.736. The van der Waals surface area contributed by atoms with Crippen LogP contribution in [-0.2, 0) is 10.2 Å². The largest absolute Gasteiger partial charge is 0.496 e. The molecule has 16 heavy (non-hydrogen) atoms. The molecular weight excluding hydrogens is 204 g/mol. The Kier molecular flexibility index (Phi) is 4.19. The van der Waals surface area contributed by atoms with Gasteiger partial charge in [-0.15, -0.1) is 0 Å². The van der Waals surface area contributed by atoms with Gasteiger partial charge in [-0.25, -0.2) is 0 Å². The van der Waals surface area contributed by atoms with E-state index in [-0.39, 0.29) is 12.2 Å². The number of methoxy groups -OCH3 is 2. The molecule has 0 bridgehead atoms. The van der Waals surface area contributed by atoms with Crippen molar-refractivity contribution in [3.8, 4) is 11.5 Å². The molecule has 0 saturated carbocycles. The molecule has 0 N–H and O–H groups in total. The normalized spacial score (nSPS) is 11.3. The number of hydrogen-bond acceptors (Lipinski definition) is 3. The summed E-state index contributed by atoms with van der Waals surface area (Å²) in [5.41, 5.74) is 1.03. The van der Waals surface area contributed by atoms with Crippen molar-refractivity contribution in [1.29, 1.82) is 0 Å². The van der Waals surface area contributed by atoms with E-state index in [2.05, 4.69) is 20.8 Å². The van der Waals surface area contributed by atoms with E-state index in [4.69, 9.17) is 14.2 Å². The Balaban J connectivity index is 3.16. The van der Waals surface area contributed by atoms with Crippen LogP contribution < -0.4 is 9.47 Å². The van der Waals surface area contributed by atoms with Crippen molar-refractivity contribution in [2.45, 2.75) is 26.2 Å². The summed E-state index contributed by atoms with van der Waals surface area (Å²) in [4.78, 5) is 0. The maximum Gasteiger partial charge on any atom is 0.188 e. The minimum absolute atomic E-state index is 0.0321. The summed E-state index contributed by atoms with van der Waals surface area (Å²) in [7, 11) is 3.28. The zero-order valence-electron chi connectivity index (χ0n) is 10.7. The van der Waals surface area contributed by atoms with Crippen LogP contribution in [0.15, 0.2) is 18.2 Å². The van der Waals surface area contributed by atoms with E-state index in [1.54, 1.807) is 14.2 Å². The van der Waals surface area contributed by atoms with Crippen molar-refractivity contribution in [1.82, 2.24) is 0 Å². The molecule has 0 aliphatic carbocycles. The molecule has 0 fully saturated rings. The Hall–Kier alpha value is -1.22. The van der Waals surface area contributed by atoms with E-state index in [0.717, 1.165) is 17.1 Å². The third kappa shape index (κ3) is 2.89. The van der Waals surface area contributed by atoms with E-state index in [1.165, 1.54) is 0 Å².